The Morgan fingerprint density at radius 1 is 1.14 bits per heavy atom. The smallest absolute Gasteiger partial charge is 0.282 e. The molecule has 1 amide bonds. The number of thiophene rings is 1. The molecule has 1 atom stereocenters. The van der Waals surface area contributed by atoms with Crippen molar-refractivity contribution in [3.05, 3.63) is 34.7 Å². The summed E-state index contributed by atoms with van der Waals surface area (Å²) in [7, 11) is -2.00. The van der Waals surface area contributed by atoms with Crippen molar-refractivity contribution >= 4 is 37.5 Å². The second kappa shape index (κ2) is 8.05. The van der Waals surface area contributed by atoms with Crippen molar-refractivity contribution in [3.63, 3.8) is 0 Å². The van der Waals surface area contributed by atoms with Crippen LogP contribution in [0.25, 0.3) is 10.1 Å². The number of carbonyl (C=O) groups excluding carboxylic acids is 1. The standard InChI is InChI=1S/C18H23N3O5S2/c1-19-18(22)17-16(13-4-2-3-5-15(13)27-17)14-12-21(8-11-26-14)28(23,24)20-6-9-25-10-7-20/h2-5,14H,6-12H2,1H3,(H,19,22)/t14-/m0/s1. The maximum Gasteiger partial charge on any atom is 0.282 e. The molecule has 0 spiro atoms. The summed E-state index contributed by atoms with van der Waals surface area (Å²) in [6, 6.07) is 7.75. The van der Waals surface area contributed by atoms with Gasteiger partial charge in [0.1, 0.15) is 0 Å². The van der Waals surface area contributed by atoms with Crippen molar-refractivity contribution in [2.75, 3.05) is 53.0 Å². The number of nitrogens with zero attached hydrogens (tertiary/aromatic N) is 2. The molecule has 2 aliphatic heterocycles. The van der Waals surface area contributed by atoms with E-state index in [-0.39, 0.29) is 19.1 Å². The molecule has 1 aromatic carbocycles. The van der Waals surface area contributed by atoms with Gasteiger partial charge in [-0.1, -0.05) is 18.2 Å². The first-order valence-corrected chi connectivity index (χ1v) is 11.4. The molecule has 3 heterocycles. The zero-order chi connectivity index (χ0) is 19.7. The molecule has 0 bridgehead atoms. The summed E-state index contributed by atoms with van der Waals surface area (Å²) in [5, 5.41) is 3.61. The lowest BCUT2D eigenvalue weighted by Gasteiger charge is -2.37. The Morgan fingerprint density at radius 2 is 1.86 bits per heavy atom. The van der Waals surface area contributed by atoms with Crippen molar-refractivity contribution in [1.82, 2.24) is 13.9 Å². The van der Waals surface area contributed by atoms with Crippen LogP contribution in [0, 0.1) is 0 Å². The molecular formula is C18H23N3O5S2. The van der Waals surface area contributed by atoms with Gasteiger partial charge in [-0.05, 0) is 11.5 Å². The zero-order valence-electron chi connectivity index (χ0n) is 15.6. The van der Waals surface area contributed by atoms with Gasteiger partial charge in [0.05, 0.1) is 30.8 Å². The Labute approximate surface area is 168 Å². The van der Waals surface area contributed by atoms with Crippen molar-refractivity contribution in [1.29, 1.82) is 0 Å². The van der Waals surface area contributed by atoms with Crippen LogP contribution in [0.5, 0.6) is 0 Å². The summed E-state index contributed by atoms with van der Waals surface area (Å²) >= 11 is 1.40. The van der Waals surface area contributed by atoms with E-state index in [1.807, 2.05) is 24.3 Å². The average molecular weight is 426 g/mol. The van der Waals surface area contributed by atoms with Gasteiger partial charge in [0.2, 0.25) is 0 Å². The van der Waals surface area contributed by atoms with E-state index < -0.39 is 16.3 Å². The Balaban J connectivity index is 1.67. The third-order valence-electron chi connectivity index (χ3n) is 5.04. The first-order valence-electron chi connectivity index (χ1n) is 9.20. The Kier molecular flexibility index (Phi) is 5.68. The number of morpholine rings is 2. The average Bonchev–Trinajstić information content (AvgIpc) is 3.13. The number of benzene rings is 1. The number of amides is 1. The molecule has 152 valence electrons. The van der Waals surface area contributed by atoms with E-state index in [4.69, 9.17) is 9.47 Å². The highest BCUT2D eigenvalue weighted by atomic mass is 32.2. The lowest BCUT2D eigenvalue weighted by atomic mass is 10.0. The first kappa shape index (κ1) is 19.7. The van der Waals surface area contributed by atoms with Gasteiger partial charge >= 0.3 is 0 Å². The number of hydrogen-bond acceptors (Lipinski definition) is 6. The van der Waals surface area contributed by atoms with Crippen LogP contribution in [0.1, 0.15) is 21.3 Å². The largest absolute Gasteiger partial charge is 0.379 e. The number of rotatable bonds is 4. The van der Waals surface area contributed by atoms with Crippen molar-refractivity contribution < 1.29 is 22.7 Å². The molecular weight excluding hydrogens is 402 g/mol. The SMILES string of the molecule is CNC(=O)c1sc2ccccc2c1[C@@H]1CN(S(=O)(=O)N2CCOCC2)CCO1. The van der Waals surface area contributed by atoms with Gasteiger partial charge in [-0.3, -0.25) is 4.79 Å². The van der Waals surface area contributed by atoms with E-state index in [2.05, 4.69) is 5.32 Å². The lowest BCUT2D eigenvalue weighted by molar-refractivity contribution is -0.00557. The maximum atomic E-state index is 13.1. The molecule has 10 heteroatoms. The van der Waals surface area contributed by atoms with Gasteiger partial charge in [0.15, 0.2) is 0 Å². The monoisotopic (exact) mass is 425 g/mol. The van der Waals surface area contributed by atoms with Crippen molar-refractivity contribution in [2.45, 2.75) is 6.10 Å². The Morgan fingerprint density at radius 3 is 2.61 bits per heavy atom. The summed E-state index contributed by atoms with van der Waals surface area (Å²) in [5.74, 6) is -0.187. The molecule has 2 aromatic rings. The second-order valence-electron chi connectivity index (χ2n) is 6.66. The summed E-state index contributed by atoms with van der Waals surface area (Å²) in [4.78, 5) is 13.0. The van der Waals surface area contributed by atoms with Crippen LogP contribution in [0.4, 0.5) is 0 Å². The summed E-state index contributed by atoms with van der Waals surface area (Å²) in [6.45, 7) is 2.29. The van der Waals surface area contributed by atoms with Gasteiger partial charge in [-0.15, -0.1) is 11.3 Å². The predicted octanol–water partition coefficient (Wildman–Crippen LogP) is 1.21. The van der Waals surface area contributed by atoms with E-state index in [9.17, 15) is 13.2 Å². The molecule has 4 rings (SSSR count). The molecule has 28 heavy (non-hydrogen) atoms. The molecule has 0 aliphatic carbocycles. The summed E-state index contributed by atoms with van der Waals surface area (Å²) in [6.07, 6.45) is -0.493. The molecule has 0 unspecified atom stereocenters. The van der Waals surface area contributed by atoms with E-state index in [1.165, 1.54) is 19.9 Å². The maximum absolute atomic E-state index is 13.1. The number of ether oxygens (including phenoxy) is 2. The van der Waals surface area contributed by atoms with Gasteiger partial charge in [-0.25, -0.2) is 0 Å². The fraction of sp³-hybridized carbons (Fsp3) is 0.500. The topological polar surface area (TPSA) is 88.2 Å². The van der Waals surface area contributed by atoms with Crippen LogP contribution in [-0.4, -0.2) is 76.0 Å². The molecule has 8 nitrogen and oxygen atoms in total. The fourth-order valence-corrected chi connectivity index (χ4v) is 6.38. The minimum Gasteiger partial charge on any atom is -0.379 e. The lowest BCUT2D eigenvalue weighted by Crippen LogP contribution is -2.52. The zero-order valence-corrected chi connectivity index (χ0v) is 17.2. The molecule has 1 N–H and O–H groups in total. The summed E-state index contributed by atoms with van der Waals surface area (Å²) in [5.41, 5.74) is 0.766. The molecule has 0 radical (unpaired) electrons. The Bertz CT molecular complexity index is 969. The highest BCUT2D eigenvalue weighted by Crippen LogP contribution is 2.38. The van der Waals surface area contributed by atoms with Gasteiger partial charge in [-0.2, -0.15) is 17.0 Å². The number of hydrogen-bond donors (Lipinski definition) is 1. The normalized spacial score (nSPS) is 22.4. The molecule has 2 aliphatic rings. The van der Waals surface area contributed by atoms with Gasteiger partial charge in [0.25, 0.3) is 16.1 Å². The highest BCUT2D eigenvalue weighted by Gasteiger charge is 2.37. The quantitative estimate of drug-likeness (QED) is 0.796. The predicted molar refractivity (Wildman–Crippen MR) is 107 cm³/mol. The van der Waals surface area contributed by atoms with Gasteiger partial charge in [0, 0.05) is 43.5 Å². The van der Waals surface area contributed by atoms with Gasteiger partial charge < -0.3 is 14.8 Å². The van der Waals surface area contributed by atoms with Crippen molar-refractivity contribution in [3.8, 4) is 0 Å². The molecule has 0 saturated carbocycles. The van der Waals surface area contributed by atoms with E-state index >= 15 is 0 Å². The van der Waals surface area contributed by atoms with Crippen LogP contribution in [-0.2, 0) is 19.7 Å². The first-order chi connectivity index (χ1) is 13.5. The van der Waals surface area contributed by atoms with Crippen LogP contribution >= 0.6 is 11.3 Å². The summed E-state index contributed by atoms with van der Waals surface area (Å²) < 4.78 is 41.3. The van der Waals surface area contributed by atoms with Crippen LogP contribution in [0.2, 0.25) is 0 Å². The number of carbonyl (C=O) groups is 1. The van der Waals surface area contributed by atoms with E-state index in [1.54, 1.807) is 7.05 Å². The van der Waals surface area contributed by atoms with Crippen molar-refractivity contribution in [2.24, 2.45) is 0 Å². The third kappa shape index (κ3) is 3.56. The van der Waals surface area contributed by atoms with Crippen LogP contribution in [0.15, 0.2) is 24.3 Å². The number of nitrogens with one attached hydrogen (secondary N) is 1. The molecule has 2 fully saturated rings. The molecule has 2 saturated heterocycles. The van der Waals surface area contributed by atoms with E-state index in [0.29, 0.717) is 37.7 Å². The minimum absolute atomic E-state index is 0.185. The highest BCUT2D eigenvalue weighted by molar-refractivity contribution is 7.86. The van der Waals surface area contributed by atoms with Crippen LogP contribution < -0.4 is 5.32 Å². The Hall–Kier alpha value is -1.56. The van der Waals surface area contributed by atoms with E-state index in [0.717, 1.165) is 15.6 Å². The fourth-order valence-electron chi connectivity index (χ4n) is 3.62. The molecule has 1 aromatic heterocycles. The third-order valence-corrected chi connectivity index (χ3v) is 8.23. The van der Waals surface area contributed by atoms with Crippen LogP contribution in [0.3, 0.4) is 0 Å². The second-order valence-corrected chi connectivity index (χ2v) is 9.64. The number of fused-ring (bicyclic) bond motifs is 1. The minimum atomic E-state index is -3.59.